The molecule has 1 heterocycles. The molecule has 1 aromatic rings. The fourth-order valence-electron chi connectivity index (χ4n) is 1.64. The molecular formula is C11H9N3O6S. The Balaban J connectivity index is 2.01. The van der Waals surface area contributed by atoms with Gasteiger partial charge in [-0.1, -0.05) is 11.8 Å². The molecule has 1 aliphatic heterocycles. The number of amides is 3. The minimum absolute atomic E-state index is 0.0136. The Morgan fingerprint density at radius 2 is 2.19 bits per heavy atom. The Morgan fingerprint density at radius 1 is 1.48 bits per heavy atom. The molecule has 9 nitrogen and oxygen atoms in total. The molecule has 3 amide bonds. The predicted octanol–water partition coefficient (Wildman–Crippen LogP) is 0.981. The van der Waals surface area contributed by atoms with Crippen molar-refractivity contribution in [3.05, 3.63) is 28.3 Å². The summed E-state index contributed by atoms with van der Waals surface area (Å²) in [6.45, 7) is 0. The van der Waals surface area contributed by atoms with Crippen molar-refractivity contribution in [3.63, 3.8) is 0 Å². The first kappa shape index (κ1) is 14.8. The van der Waals surface area contributed by atoms with E-state index in [9.17, 15) is 29.6 Å². The molecule has 21 heavy (non-hydrogen) atoms. The van der Waals surface area contributed by atoms with Gasteiger partial charge in [0, 0.05) is 12.5 Å². The number of rotatable bonds is 4. The van der Waals surface area contributed by atoms with Gasteiger partial charge in [-0.2, -0.15) is 0 Å². The third-order valence-corrected chi connectivity index (χ3v) is 3.59. The van der Waals surface area contributed by atoms with Crippen LogP contribution >= 0.6 is 11.8 Å². The number of nitro benzene ring substituents is 1. The summed E-state index contributed by atoms with van der Waals surface area (Å²) < 4.78 is 0. The monoisotopic (exact) mass is 311 g/mol. The van der Waals surface area contributed by atoms with Crippen molar-refractivity contribution < 1.29 is 24.4 Å². The van der Waals surface area contributed by atoms with Crippen molar-refractivity contribution >= 4 is 40.2 Å². The summed E-state index contributed by atoms with van der Waals surface area (Å²) in [4.78, 5) is 43.8. The van der Waals surface area contributed by atoms with Crippen molar-refractivity contribution in [2.24, 2.45) is 0 Å². The van der Waals surface area contributed by atoms with Gasteiger partial charge in [0.25, 0.3) is 10.9 Å². The zero-order valence-electron chi connectivity index (χ0n) is 10.4. The van der Waals surface area contributed by atoms with Crippen LogP contribution in [0.5, 0.6) is 5.75 Å². The second-order valence-corrected chi connectivity index (χ2v) is 5.27. The van der Waals surface area contributed by atoms with E-state index >= 15 is 0 Å². The second kappa shape index (κ2) is 5.79. The Kier molecular flexibility index (Phi) is 4.08. The topological polar surface area (TPSA) is 139 Å². The van der Waals surface area contributed by atoms with E-state index in [-0.39, 0.29) is 17.8 Å². The fraction of sp³-hybridized carbons (Fsp3) is 0.182. The van der Waals surface area contributed by atoms with Crippen LogP contribution in [0.25, 0.3) is 0 Å². The van der Waals surface area contributed by atoms with Crippen LogP contribution in [0.3, 0.4) is 0 Å². The van der Waals surface area contributed by atoms with Crippen LogP contribution in [0.2, 0.25) is 0 Å². The highest BCUT2D eigenvalue weighted by Gasteiger charge is 2.33. The number of nitrogens with one attached hydrogen (secondary N) is 2. The number of hydrogen-bond acceptors (Lipinski definition) is 7. The quantitative estimate of drug-likeness (QED) is 0.428. The maximum absolute atomic E-state index is 11.7. The van der Waals surface area contributed by atoms with E-state index in [4.69, 9.17) is 0 Å². The predicted molar refractivity (Wildman–Crippen MR) is 72.9 cm³/mol. The van der Waals surface area contributed by atoms with Crippen LogP contribution in [0, 0.1) is 10.1 Å². The SMILES string of the molecule is O=C(CC1SC(=O)NC1=O)Nc1ccc([N+](=O)[O-])cc1O. The summed E-state index contributed by atoms with van der Waals surface area (Å²) in [5.41, 5.74) is -0.331. The minimum atomic E-state index is -0.822. The van der Waals surface area contributed by atoms with E-state index < -0.39 is 33.0 Å². The van der Waals surface area contributed by atoms with Gasteiger partial charge in [-0.3, -0.25) is 29.8 Å². The highest BCUT2D eigenvalue weighted by atomic mass is 32.2. The Bertz CT molecular complexity index is 647. The van der Waals surface area contributed by atoms with Crippen LogP contribution in [0.1, 0.15) is 6.42 Å². The Morgan fingerprint density at radius 3 is 2.71 bits per heavy atom. The van der Waals surface area contributed by atoms with E-state index in [1.807, 2.05) is 5.32 Å². The summed E-state index contributed by atoms with van der Waals surface area (Å²) in [6.07, 6.45) is -0.251. The minimum Gasteiger partial charge on any atom is -0.506 e. The average Bonchev–Trinajstić information content (AvgIpc) is 2.70. The van der Waals surface area contributed by atoms with Crippen LogP contribution in [-0.4, -0.2) is 32.3 Å². The molecule has 10 heteroatoms. The molecule has 1 unspecified atom stereocenters. The molecule has 0 aromatic heterocycles. The Hall–Kier alpha value is -2.62. The second-order valence-electron chi connectivity index (χ2n) is 4.09. The molecule has 2 rings (SSSR count). The Labute approximate surface area is 121 Å². The summed E-state index contributed by atoms with van der Waals surface area (Å²) >= 11 is 0.711. The van der Waals surface area contributed by atoms with Crippen LogP contribution in [0.15, 0.2) is 18.2 Å². The maximum atomic E-state index is 11.7. The van der Waals surface area contributed by atoms with Gasteiger partial charge in [0.1, 0.15) is 11.0 Å². The van der Waals surface area contributed by atoms with Gasteiger partial charge in [-0.25, -0.2) is 0 Å². The van der Waals surface area contributed by atoms with Gasteiger partial charge >= 0.3 is 0 Å². The number of benzene rings is 1. The summed E-state index contributed by atoms with van der Waals surface area (Å²) in [5, 5.41) is 23.1. The number of nitrogens with zero attached hydrogens (tertiary/aromatic N) is 1. The van der Waals surface area contributed by atoms with E-state index in [1.165, 1.54) is 6.07 Å². The van der Waals surface area contributed by atoms with Crippen molar-refractivity contribution in [2.75, 3.05) is 5.32 Å². The molecule has 3 N–H and O–H groups in total. The fourth-order valence-corrected chi connectivity index (χ4v) is 2.46. The molecule has 1 aliphatic rings. The first-order chi connectivity index (χ1) is 9.86. The van der Waals surface area contributed by atoms with Gasteiger partial charge < -0.3 is 10.4 Å². The third-order valence-electron chi connectivity index (χ3n) is 2.60. The summed E-state index contributed by atoms with van der Waals surface area (Å²) in [6, 6.07) is 3.20. The number of nitro groups is 1. The smallest absolute Gasteiger partial charge is 0.286 e. The number of imide groups is 1. The number of aromatic hydroxyl groups is 1. The van der Waals surface area contributed by atoms with Crippen molar-refractivity contribution in [3.8, 4) is 5.75 Å². The normalized spacial score (nSPS) is 17.4. The number of phenolic OH excluding ortho intramolecular Hbond substituents is 1. The summed E-state index contributed by atoms with van der Waals surface area (Å²) in [7, 11) is 0. The number of phenols is 1. The molecule has 1 saturated heterocycles. The van der Waals surface area contributed by atoms with Crippen LogP contribution in [-0.2, 0) is 9.59 Å². The number of carbonyl (C=O) groups is 3. The van der Waals surface area contributed by atoms with E-state index in [1.54, 1.807) is 0 Å². The zero-order valence-corrected chi connectivity index (χ0v) is 11.2. The number of carbonyl (C=O) groups excluding carboxylic acids is 3. The molecule has 1 atom stereocenters. The van der Waals surface area contributed by atoms with Crippen molar-refractivity contribution in [2.45, 2.75) is 11.7 Å². The number of hydrogen-bond donors (Lipinski definition) is 3. The van der Waals surface area contributed by atoms with Gasteiger partial charge in [0.15, 0.2) is 0 Å². The van der Waals surface area contributed by atoms with Gasteiger partial charge in [-0.15, -0.1) is 0 Å². The van der Waals surface area contributed by atoms with Crippen LogP contribution < -0.4 is 10.6 Å². The first-order valence-electron chi connectivity index (χ1n) is 5.65. The molecule has 1 aromatic carbocycles. The molecular weight excluding hydrogens is 302 g/mol. The highest BCUT2D eigenvalue weighted by molar-refractivity contribution is 8.15. The lowest BCUT2D eigenvalue weighted by molar-refractivity contribution is -0.384. The summed E-state index contributed by atoms with van der Waals surface area (Å²) in [5.74, 6) is -1.60. The van der Waals surface area contributed by atoms with Crippen LogP contribution in [0.4, 0.5) is 16.2 Å². The molecule has 1 fully saturated rings. The molecule has 0 bridgehead atoms. The number of anilines is 1. The lowest BCUT2D eigenvalue weighted by Crippen LogP contribution is -2.27. The van der Waals surface area contributed by atoms with E-state index in [0.29, 0.717) is 11.8 Å². The first-order valence-corrected chi connectivity index (χ1v) is 6.53. The lowest BCUT2D eigenvalue weighted by atomic mass is 10.2. The number of non-ortho nitro benzene ring substituents is 1. The molecule has 0 radical (unpaired) electrons. The third kappa shape index (κ3) is 3.48. The van der Waals surface area contributed by atoms with Gasteiger partial charge in [0.2, 0.25) is 11.8 Å². The molecule has 0 saturated carbocycles. The maximum Gasteiger partial charge on any atom is 0.286 e. The zero-order chi connectivity index (χ0) is 15.6. The van der Waals surface area contributed by atoms with Gasteiger partial charge in [0.05, 0.1) is 16.7 Å². The van der Waals surface area contributed by atoms with E-state index in [0.717, 1.165) is 12.1 Å². The number of thioether (sulfide) groups is 1. The van der Waals surface area contributed by atoms with E-state index in [2.05, 4.69) is 5.32 Å². The lowest BCUT2D eigenvalue weighted by Gasteiger charge is -2.08. The molecule has 0 aliphatic carbocycles. The average molecular weight is 311 g/mol. The highest BCUT2D eigenvalue weighted by Crippen LogP contribution is 2.29. The van der Waals surface area contributed by atoms with Gasteiger partial charge in [-0.05, 0) is 6.07 Å². The molecule has 0 spiro atoms. The standard InChI is InChI=1S/C11H9N3O6S/c15-7-3-5(14(19)20)1-2-6(7)12-9(16)4-8-10(17)13-11(18)21-8/h1-3,8,15H,4H2,(H,12,16)(H,13,17,18). The molecule has 110 valence electrons. The van der Waals surface area contributed by atoms with Crippen molar-refractivity contribution in [1.29, 1.82) is 0 Å². The van der Waals surface area contributed by atoms with Crippen molar-refractivity contribution in [1.82, 2.24) is 5.32 Å². The largest absolute Gasteiger partial charge is 0.506 e.